The van der Waals surface area contributed by atoms with Crippen LogP contribution in [0.15, 0.2) is 72.8 Å². The highest BCUT2D eigenvalue weighted by Crippen LogP contribution is 2.26. The summed E-state index contributed by atoms with van der Waals surface area (Å²) in [5.41, 5.74) is 4.60. The highest BCUT2D eigenvalue weighted by atomic mass is 35.5. The summed E-state index contributed by atoms with van der Waals surface area (Å²) in [5.74, 6) is 0.213. The van der Waals surface area contributed by atoms with Crippen molar-refractivity contribution in [3.8, 4) is 0 Å². The van der Waals surface area contributed by atoms with E-state index in [1.807, 2.05) is 59.5 Å². The molecule has 6 rings (SSSR count). The normalized spacial score (nSPS) is 19.2. The molecule has 2 heterocycles. The Hall–Kier alpha value is -3.88. The molecular formula is C37H44ClN5O3. The standard InChI is InChI=1S/C37H44ClN5O3/c38-29-16-14-26(15-17-29)24-32(41-36(45)34-30-11-5-4-10-28(30)18-19-39-34)37(46)43-22-20-42(21-23-43)33-13-7-6-12-31(33)35(44)40-25-27-8-2-1-3-9-27/h4-7,10-17,27,32,34,39H,1-3,8-9,18-25H2,(H,40,44)(H,41,45)/t32-,34?/m1/s1. The Morgan fingerprint density at radius 3 is 2.37 bits per heavy atom. The lowest BCUT2D eigenvalue weighted by atomic mass is 9.89. The topological polar surface area (TPSA) is 93.8 Å². The van der Waals surface area contributed by atoms with Crippen LogP contribution in [0.4, 0.5) is 5.69 Å². The van der Waals surface area contributed by atoms with Crippen LogP contribution in [0.25, 0.3) is 0 Å². The fraction of sp³-hybridized carbons (Fsp3) is 0.432. The maximum atomic E-state index is 14.1. The van der Waals surface area contributed by atoms with Crippen molar-refractivity contribution in [1.29, 1.82) is 0 Å². The van der Waals surface area contributed by atoms with Crippen LogP contribution < -0.4 is 20.9 Å². The second-order valence-corrected chi connectivity index (χ2v) is 13.2. The van der Waals surface area contributed by atoms with Gasteiger partial charge in [0, 0.05) is 56.4 Å². The number of fused-ring (bicyclic) bond motifs is 1. The van der Waals surface area contributed by atoms with Gasteiger partial charge >= 0.3 is 0 Å². The number of para-hydroxylation sites is 1. The van der Waals surface area contributed by atoms with Gasteiger partial charge in [-0.15, -0.1) is 0 Å². The van der Waals surface area contributed by atoms with E-state index in [4.69, 9.17) is 11.6 Å². The minimum absolute atomic E-state index is 0.0386. The van der Waals surface area contributed by atoms with Crippen molar-refractivity contribution in [2.24, 2.45) is 5.92 Å². The molecule has 1 saturated heterocycles. The van der Waals surface area contributed by atoms with Crippen molar-refractivity contribution in [2.45, 2.75) is 57.0 Å². The number of carbonyl (C=O) groups is 3. The maximum Gasteiger partial charge on any atom is 0.253 e. The lowest BCUT2D eigenvalue weighted by Crippen LogP contribution is -2.57. The summed E-state index contributed by atoms with van der Waals surface area (Å²) in [7, 11) is 0. The van der Waals surface area contributed by atoms with Crippen molar-refractivity contribution < 1.29 is 14.4 Å². The fourth-order valence-corrected chi connectivity index (χ4v) is 7.23. The number of amides is 3. The van der Waals surface area contributed by atoms with E-state index in [-0.39, 0.29) is 17.7 Å². The van der Waals surface area contributed by atoms with Gasteiger partial charge in [-0.1, -0.05) is 79.4 Å². The number of hydrogen-bond acceptors (Lipinski definition) is 5. The zero-order valence-corrected chi connectivity index (χ0v) is 27.1. The van der Waals surface area contributed by atoms with E-state index in [1.165, 1.54) is 32.1 Å². The summed E-state index contributed by atoms with van der Waals surface area (Å²) in [6.45, 7) is 3.60. The number of anilines is 1. The van der Waals surface area contributed by atoms with E-state index in [0.717, 1.165) is 35.3 Å². The number of carbonyl (C=O) groups excluding carboxylic acids is 3. The highest BCUT2D eigenvalue weighted by Gasteiger charge is 2.33. The van der Waals surface area contributed by atoms with Crippen LogP contribution in [0.5, 0.6) is 0 Å². The quantitative estimate of drug-likeness (QED) is 0.309. The average Bonchev–Trinajstić information content (AvgIpc) is 3.11. The summed E-state index contributed by atoms with van der Waals surface area (Å²) in [6, 6.07) is 21.9. The Kier molecular flexibility index (Phi) is 10.6. The molecule has 2 atom stereocenters. The first-order valence-corrected chi connectivity index (χ1v) is 17.1. The molecule has 0 aromatic heterocycles. The summed E-state index contributed by atoms with van der Waals surface area (Å²) >= 11 is 6.13. The average molecular weight is 642 g/mol. The lowest BCUT2D eigenvalue weighted by molar-refractivity contribution is -0.137. The molecule has 3 amide bonds. The number of benzene rings is 3. The van der Waals surface area contributed by atoms with Gasteiger partial charge in [-0.25, -0.2) is 0 Å². The maximum absolute atomic E-state index is 14.1. The van der Waals surface area contributed by atoms with Crippen LogP contribution in [0.3, 0.4) is 0 Å². The molecule has 1 unspecified atom stereocenters. The van der Waals surface area contributed by atoms with Crippen molar-refractivity contribution in [2.75, 3.05) is 44.2 Å². The lowest BCUT2D eigenvalue weighted by Gasteiger charge is -2.38. The largest absolute Gasteiger partial charge is 0.367 e. The van der Waals surface area contributed by atoms with Gasteiger partial charge in [-0.2, -0.15) is 0 Å². The van der Waals surface area contributed by atoms with Crippen LogP contribution >= 0.6 is 11.6 Å². The van der Waals surface area contributed by atoms with E-state index < -0.39 is 12.1 Å². The number of nitrogens with zero attached hydrogens (tertiary/aromatic N) is 2. The minimum Gasteiger partial charge on any atom is -0.367 e. The first-order chi connectivity index (χ1) is 22.5. The predicted molar refractivity (Wildman–Crippen MR) is 182 cm³/mol. The van der Waals surface area contributed by atoms with Crippen LogP contribution in [-0.2, 0) is 22.4 Å². The minimum atomic E-state index is -0.728. The van der Waals surface area contributed by atoms with E-state index in [1.54, 1.807) is 12.1 Å². The molecule has 3 aliphatic rings. The molecule has 1 saturated carbocycles. The zero-order valence-electron chi connectivity index (χ0n) is 26.3. The third-order valence-corrected chi connectivity index (χ3v) is 9.95. The molecule has 0 radical (unpaired) electrons. The summed E-state index contributed by atoms with van der Waals surface area (Å²) in [5, 5.41) is 10.3. The first kappa shape index (κ1) is 32.1. The van der Waals surface area contributed by atoms with Gasteiger partial charge in [0.25, 0.3) is 5.91 Å². The molecule has 242 valence electrons. The predicted octanol–water partition coefficient (Wildman–Crippen LogP) is 4.91. The van der Waals surface area contributed by atoms with E-state index >= 15 is 0 Å². The Morgan fingerprint density at radius 1 is 0.870 bits per heavy atom. The first-order valence-electron chi connectivity index (χ1n) is 16.7. The molecule has 3 N–H and O–H groups in total. The molecule has 2 fully saturated rings. The molecule has 0 bridgehead atoms. The van der Waals surface area contributed by atoms with Crippen LogP contribution in [0, 0.1) is 5.92 Å². The van der Waals surface area contributed by atoms with Gasteiger partial charge in [0.1, 0.15) is 12.1 Å². The van der Waals surface area contributed by atoms with Gasteiger partial charge in [0.05, 0.1) is 5.56 Å². The second kappa shape index (κ2) is 15.1. The molecule has 1 aliphatic carbocycles. The summed E-state index contributed by atoms with van der Waals surface area (Å²) < 4.78 is 0. The fourth-order valence-electron chi connectivity index (χ4n) is 7.10. The molecule has 9 heteroatoms. The van der Waals surface area contributed by atoms with Crippen LogP contribution in [0.2, 0.25) is 5.02 Å². The van der Waals surface area contributed by atoms with Crippen molar-refractivity contribution in [1.82, 2.24) is 20.9 Å². The molecular weight excluding hydrogens is 598 g/mol. The van der Waals surface area contributed by atoms with Gasteiger partial charge < -0.3 is 25.8 Å². The van der Waals surface area contributed by atoms with E-state index in [2.05, 4.69) is 26.9 Å². The van der Waals surface area contributed by atoms with Crippen LogP contribution in [-0.4, -0.2) is 67.9 Å². The third kappa shape index (κ3) is 7.73. The second-order valence-electron chi connectivity index (χ2n) is 12.8. The number of halogens is 1. The van der Waals surface area contributed by atoms with E-state index in [0.29, 0.717) is 55.6 Å². The number of rotatable bonds is 9. The molecule has 3 aromatic rings. The van der Waals surface area contributed by atoms with E-state index in [9.17, 15) is 14.4 Å². The van der Waals surface area contributed by atoms with Crippen molar-refractivity contribution in [3.05, 3.63) is 100 Å². The molecule has 2 aliphatic heterocycles. The Balaban J connectivity index is 1.12. The highest BCUT2D eigenvalue weighted by molar-refractivity contribution is 6.30. The van der Waals surface area contributed by atoms with Gasteiger partial charge in [-0.3, -0.25) is 14.4 Å². The molecule has 46 heavy (non-hydrogen) atoms. The van der Waals surface area contributed by atoms with Gasteiger partial charge in [0.15, 0.2) is 0 Å². The number of hydrogen-bond donors (Lipinski definition) is 3. The van der Waals surface area contributed by atoms with Crippen molar-refractivity contribution >= 4 is 35.0 Å². The zero-order chi connectivity index (χ0) is 31.9. The van der Waals surface area contributed by atoms with Gasteiger partial charge in [0.2, 0.25) is 11.8 Å². The Bertz CT molecular complexity index is 1520. The summed E-state index contributed by atoms with van der Waals surface area (Å²) in [6.07, 6.45) is 7.38. The Labute approximate surface area is 276 Å². The third-order valence-electron chi connectivity index (χ3n) is 9.70. The number of piperazine rings is 1. The van der Waals surface area contributed by atoms with Crippen molar-refractivity contribution in [3.63, 3.8) is 0 Å². The molecule has 8 nitrogen and oxygen atoms in total. The monoisotopic (exact) mass is 641 g/mol. The van der Waals surface area contributed by atoms with Crippen LogP contribution in [0.1, 0.15) is 65.2 Å². The molecule has 0 spiro atoms. The Morgan fingerprint density at radius 2 is 1.59 bits per heavy atom. The summed E-state index contributed by atoms with van der Waals surface area (Å²) in [4.78, 5) is 45.0. The SMILES string of the molecule is O=C(NCC1CCCCC1)c1ccccc1N1CCN(C(=O)[C@@H](Cc2ccc(Cl)cc2)NC(=O)C2NCCc3ccccc32)CC1. The van der Waals surface area contributed by atoms with Gasteiger partial charge in [-0.05, 0) is 66.1 Å². The number of nitrogens with one attached hydrogen (secondary N) is 3. The smallest absolute Gasteiger partial charge is 0.253 e. The molecule has 3 aromatic carbocycles.